The van der Waals surface area contributed by atoms with E-state index in [9.17, 15) is 28.9 Å². The highest BCUT2D eigenvalue weighted by atomic mass is 79.9. The number of ether oxygens (including phenoxy) is 1. The van der Waals surface area contributed by atoms with E-state index in [0.717, 1.165) is 12.1 Å². The van der Waals surface area contributed by atoms with E-state index in [1.807, 2.05) is 0 Å². The largest absolute Gasteiger partial charge is 0.484 e. The molecular weight excluding hydrogens is 503 g/mol. The van der Waals surface area contributed by atoms with Crippen LogP contribution in [0.25, 0.3) is 0 Å². The number of hydrogen-bond acceptors (Lipinski definition) is 7. The average molecular weight is 523 g/mol. The van der Waals surface area contributed by atoms with E-state index in [4.69, 9.17) is 4.74 Å². The molecule has 1 aliphatic heterocycles. The number of hydrogen-bond donors (Lipinski definition) is 1. The zero-order valence-electron chi connectivity index (χ0n) is 17.5. The number of rotatable bonds is 7. The van der Waals surface area contributed by atoms with Crippen molar-refractivity contribution in [2.24, 2.45) is 0 Å². The minimum Gasteiger partial charge on any atom is -0.484 e. The van der Waals surface area contributed by atoms with Crippen LogP contribution in [0.3, 0.4) is 0 Å². The highest BCUT2D eigenvalue weighted by molar-refractivity contribution is 9.10. The Morgan fingerprint density at radius 1 is 1.30 bits per heavy atom. The number of nitrogens with one attached hydrogen (secondary N) is 1. The normalized spacial score (nSPS) is 15.7. The molecule has 0 aliphatic carbocycles. The molecule has 0 saturated carbocycles. The van der Waals surface area contributed by atoms with Crippen LogP contribution >= 0.6 is 15.9 Å². The zero-order chi connectivity index (χ0) is 24.1. The third-order valence-corrected chi connectivity index (χ3v) is 5.64. The van der Waals surface area contributed by atoms with Gasteiger partial charge in [0.15, 0.2) is 6.61 Å². The van der Waals surface area contributed by atoms with Crippen LogP contribution in [0.2, 0.25) is 0 Å². The molecule has 12 heteroatoms. The third-order valence-electron chi connectivity index (χ3n) is 5.15. The number of aldehydes is 1. The monoisotopic (exact) mass is 522 g/mol. The van der Waals surface area contributed by atoms with Gasteiger partial charge in [-0.25, -0.2) is 0 Å². The SMILES string of the molecule is CNc1ccc(Br)cc1C(=O)N1CCN(C(=O)COc2ccc(F)c([N+](=O)[O-])c2)CC1C=O. The van der Waals surface area contributed by atoms with E-state index >= 15 is 0 Å². The molecule has 1 fully saturated rings. The lowest BCUT2D eigenvalue weighted by molar-refractivity contribution is -0.387. The summed E-state index contributed by atoms with van der Waals surface area (Å²) in [6.45, 7) is -0.182. The van der Waals surface area contributed by atoms with Crippen molar-refractivity contribution in [3.05, 3.63) is 62.4 Å². The lowest BCUT2D eigenvalue weighted by atomic mass is 10.1. The standard InChI is InChI=1S/C21H20BrFN4O6/c1-24-18-5-2-13(22)8-16(18)21(30)26-7-6-25(10-14(26)11-28)20(29)12-33-15-3-4-17(23)19(9-15)27(31)32/h2-5,8-9,11,14,24H,6-7,10,12H2,1H3. The first-order chi connectivity index (χ1) is 15.7. The number of carbonyl (C=O) groups is 3. The van der Waals surface area contributed by atoms with Crippen molar-refractivity contribution >= 4 is 45.4 Å². The fraction of sp³-hybridized carbons (Fsp3) is 0.286. The quantitative estimate of drug-likeness (QED) is 0.336. The van der Waals surface area contributed by atoms with Crippen LogP contribution in [0.15, 0.2) is 40.9 Å². The Morgan fingerprint density at radius 2 is 2.06 bits per heavy atom. The van der Waals surface area contributed by atoms with Crippen molar-refractivity contribution < 1.29 is 28.4 Å². The van der Waals surface area contributed by atoms with Crippen LogP contribution in [0, 0.1) is 15.9 Å². The Labute approximate surface area is 196 Å². The Kier molecular flexibility index (Phi) is 7.59. The van der Waals surface area contributed by atoms with Gasteiger partial charge in [-0.05, 0) is 30.3 Å². The second-order valence-electron chi connectivity index (χ2n) is 7.14. The third kappa shape index (κ3) is 5.45. The molecule has 10 nitrogen and oxygen atoms in total. The number of halogens is 2. The van der Waals surface area contributed by atoms with Gasteiger partial charge in [0, 0.05) is 36.8 Å². The van der Waals surface area contributed by atoms with E-state index in [1.54, 1.807) is 25.2 Å². The fourth-order valence-corrected chi connectivity index (χ4v) is 3.79. The molecule has 2 aromatic rings. The molecule has 0 spiro atoms. The molecule has 174 valence electrons. The number of anilines is 1. The van der Waals surface area contributed by atoms with E-state index in [-0.39, 0.29) is 31.3 Å². The Bertz CT molecular complexity index is 1100. The van der Waals surface area contributed by atoms with Gasteiger partial charge in [-0.2, -0.15) is 4.39 Å². The molecule has 0 radical (unpaired) electrons. The van der Waals surface area contributed by atoms with Crippen LogP contribution in [-0.2, 0) is 9.59 Å². The Balaban J connectivity index is 1.66. The van der Waals surface area contributed by atoms with Gasteiger partial charge in [-0.1, -0.05) is 15.9 Å². The molecule has 0 bridgehead atoms. The maximum Gasteiger partial charge on any atom is 0.308 e. The van der Waals surface area contributed by atoms with Crippen molar-refractivity contribution in [1.29, 1.82) is 0 Å². The van der Waals surface area contributed by atoms with Crippen LogP contribution in [-0.4, -0.2) is 72.2 Å². The molecule has 3 rings (SSSR count). The molecule has 1 saturated heterocycles. The summed E-state index contributed by atoms with van der Waals surface area (Å²) in [5.41, 5.74) is 0.231. The summed E-state index contributed by atoms with van der Waals surface area (Å²) in [5.74, 6) is -1.87. The zero-order valence-corrected chi connectivity index (χ0v) is 19.1. The van der Waals surface area contributed by atoms with Crippen molar-refractivity contribution in [2.75, 3.05) is 38.6 Å². The van der Waals surface area contributed by atoms with Gasteiger partial charge in [0.1, 0.15) is 18.1 Å². The van der Waals surface area contributed by atoms with Gasteiger partial charge in [-0.15, -0.1) is 0 Å². The second-order valence-corrected chi connectivity index (χ2v) is 8.06. The molecule has 2 amide bonds. The highest BCUT2D eigenvalue weighted by Gasteiger charge is 2.33. The van der Waals surface area contributed by atoms with Crippen LogP contribution in [0.1, 0.15) is 10.4 Å². The van der Waals surface area contributed by atoms with Gasteiger partial charge in [0.05, 0.1) is 16.6 Å². The molecular formula is C21H20BrFN4O6. The van der Waals surface area contributed by atoms with Gasteiger partial charge in [-0.3, -0.25) is 19.7 Å². The number of amides is 2. The summed E-state index contributed by atoms with van der Waals surface area (Å²) in [5, 5.41) is 13.8. The Morgan fingerprint density at radius 3 is 2.73 bits per heavy atom. The molecule has 33 heavy (non-hydrogen) atoms. The lowest BCUT2D eigenvalue weighted by Crippen LogP contribution is -2.57. The first kappa shape index (κ1) is 24.1. The first-order valence-corrected chi connectivity index (χ1v) is 10.6. The van der Waals surface area contributed by atoms with Crippen LogP contribution < -0.4 is 10.1 Å². The lowest BCUT2D eigenvalue weighted by Gasteiger charge is -2.39. The first-order valence-electron chi connectivity index (χ1n) is 9.83. The predicted molar refractivity (Wildman–Crippen MR) is 120 cm³/mol. The topological polar surface area (TPSA) is 122 Å². The maximum atomic E-state index is 13.4. The highest BCUT2D eigenvalue weighted by Crippen LogP contribution is 2.25. The number of carbonyl (C=O) groups excluding carboxylic acids is 3. The molecule has 2 aromatic carbocycles. The van der Waals surface area contributed by atoms with E-state index < -0.39 is 35.0 Å². The number of benzene rings is 2. The van der Waals surface area contributed by atoms with Crippen LogP contribution in [0.5, 0.6) is 5.75 Å². The minimum absolute atomic E-state index is 0.0239. The van der Waals surface area contributed by atoms with Gasteiger partial charge in [0.25, 0.3) is 11.8 Å². The minimum atomic E-state index is -1.01. The number of nitro benzene ring substituents is 1. The summed E-state index contributed by atoms with van der Waals surface area (Å²) >= 11 is 3.34. The maximum absolute atomic E-state index is 13.4. The van der Waals surface area contributed by atoms with E-state index in [0.29, 0.717) is 22.0 Å². The van der Waals surface area contributed by atoms with Gasteiger partial charge >= 0.3 is 5.69 Å². The molecule has 1 heterocycles. The van der Waals surface area contributed by atoms with Crippen molar-refractivity contribution in [3.63, 3.8) is 0 Å². The molecule has 0 aromatic heterocycles. The second kappa shape index (κ2) is 10.4. The fourth-order valence-electron chi connectivity index (χ4n) is 3.43. The molecule has 1 atom stereocenters. The van der Waals surface area contributed by atoms with Crippen molar-refractivity contribution in [1.82, 2.24) is 9.80 Å². The summed E-state index contributed by atoms with van der Waals surface area (Å²) in [6.07, 6.45) is 0.610. The van der Waals surface area contributed by atoms with E-state index in [1.165, 1.54) is 15.9 Å². The predicted octanol–water partition coefficient (Wildman–Crippen LogP) is 2.47. The summed E-state index contributed by atoms with van der Waals surface area (Å²) < 4.78 is 19.4. The summed E-state index contributed by atoms with van der Waals surface area (Å²) in [4.78, 5) is 50.1. The summed E-state index contributed by atoms with van der Waals surface area (Å²) in [6, 6.07) is 7.28. The number of nitro groups is 1. The Hall–Kier alpha value is -3.54. The van der Waals surface area contributed by atoms with Crippen molar-refractivity contribution in [3.8, 4) is 5.75 Å². The molecule has 1 aliphatic rings. The van der Waals surface area contributed by atoms with Crippen molar-refractivity contribution in [2.45, 2.75) is 6.04 Å². The number of nitrogens with zero attached hydrogens (tertiary/aromatic N) is 3. The molecule has 1 unspecified atom stereocenters. The van der Waals surface area contributed by atoms with Crippen LogP contribution in [0.4, 0.5) is 15.8 Å². The average Bonchev–Trinajstić information content (AvgIpc) is 2.82. The van der Waals surface area contributed by atoms with Gasteiger partial charge < -0.3 is 24.6 Å². The smallest absolute Gasteiger partial charge is 0.308 e. The number of piperazine rings is 1. The van der Waals surface area contributed by atoms with Gasteiger partial charge in [0.2, 0.25) is 5.82 Å². The summed E-state index contributed by atoms with van der Waals surface area (Å²) in [7, 11) is 1.68. The van der Waals surface area contributed by atoms with E-state index in [2.05, 4.69) is 21.2 Å². The molecule has 1 N–H and O–H groups in total.